The molecule has 0 amide bonds. The molecule has 1 fully saturated rings. The van der Waals surface area contributed by atoms with E-state index in [0.717, 1.165) is 23.4 Å². The van der Waals surface area contributed by atoms with Gasteiger partial charge in [-0.05, 0) is 30.9 Å². The van der Waals surface area contributed by atoms with Gasteiger partial charge in [0.15, 0.2) is 0 Å². The molecule has 0 radical (unpaired) electrons. The molecule has 0 bridgehead atoms. The lowest BCUT2D eigenvalue weighted by atomic mass is 10.1. The monoisotopic (exact) mass is 254 g/mol. The SMILES string of the molecule is CCC(CC1CC1)n1c(N)nc2c(C#N)cccc21. The van der Waals surface area contributed by atoms with E-state index in [2.05, 4.69) is 22.5 Å². The highest BCUT2D eigenvalue weighted by molar-refractivity contribution is 5.84. The van der Waals surface area contributed by atoms with Crippen molar-refractivity contribution in [1.82, 2.24) is 9.55 Å². The Labute approximate surface area is 112 Å². The summed E-state index contributed by atoms with van der Waals surface area (Å²) in [5.41, 5.74) is 8.42. The number of nitrogens with two attached hydrogens (primary N) is 1. The number of nitrogen functional groups attached to an aromatic ring is 1. The first-order valence-corrected chi connectivity index (χ1v) is 6.91. The second-order valence-corrected chi connectivity index (χ2v) is 5.37. The predicted octanol–water partition coefficient (Wildman–Crippen LogP) is 3.24. The largest absolute Gasteiger partial charge is 0.369 e. The van der Waals surface area contributed by atoms with Crippen molar-refractivity contribution in [1.29, 1.82) is 5.26 Å². The molecule has 1 aromatic heterocycles. The molecule has 0 saturated heterocycles. The Bertz CT molecular complexity index is 646. The van der Waals surface area contributed by atoms with Crippen LogP contribution < -0.4 is 5.73 Å². The van der Waals surface area contributed by atoms with Crippen molar-refractivity contribution in [2.45, 2.75) is 38.6 Å². The van der Waals surface area contributed by atoms with Crippen molar-refractivity contribution in [3.05, 3.63) is 23.8 Å². The van der Waals surface area contributed by atoms with Gasteiger partial charge < -0.3 is 10.3 Å². The number of fused-ring (bicyclic) bond motifs is 1. The molecule has 1 aliphatic carbocycles. The van der Waals surface area contributed by atoms with Crippen LogP contribution >= 0.6 is 0 Å². The van der Waals surface area contributed by atoms with E-state index in [1.165, 1.54) is 19.3 Å². The molecule has 2 aromatic rings. The summed E-state index contributed by atoms with van der Waals surface area (Å²) < 4.78 is 2.12. The van der Waals surface area contributed by atoms with Crippen LogP contribution in [0.4, 0.5) is 5.95 Å². The number of rotatable bonds is 4. The lowest BCUT2D eigenvalue weighted by Gasteiger charge is -2.18. The maximum atomic E-state index is 9.15. The Hall–Kier alpha value is -2.02. The average Bonchev–Trinajstić information content (AvgIpc) is 3.17. The van der Waals surface area contributed by atoms with E-state index in [0.29, 0.717) is 17.6 Å². The van der Waals surface area contributed by atoms with Gasteiger partial charge in [-0.3, -0.25) is 0 Å². The Balaban J connectivity index is 2.11. The van der Waals surface area contributed by atoms with Crippen molar-refractivity contribution in [3.8, 4) is 6.07 Å². The van der Waals surface area contributed by atoms with E-state index in [-0.39, 0.29) is 0 Å². The summed E-state index contributed by atoms with van der Waals surface area (Å²) in [6.45, 7) is 2.19. The summed E-state index contributed by atoms with van der Waals surface area (Å²) in [7, 11) is 0. The third kappa shape index (κ3) is 2.06. The van der Waals surface area contributed by atoms with Crippen LogP contribution in [0.15, 0.2) is 18.2 Å². The molecule has 2 N–H and O–H groups in total. The van der Waals surface area contributed by atoms with Crippen LogP contribution in [0.1, 0.15) is 44.2 Å². The van der Waals surface area contributed by atoms with Gasteiger partial charge in [0.25, 0.3) is 0 Å². The fourth-order valence-corrected chi connectivity index (χ4v) is 2.80. The average molecular weight is 254 g/mol. The summed E-state index contributed by atoms with van der Waals surface area (Å²) in [5, 5.41) is 9.15. The Kier molecular flexibility index (Phi) is 2.90. The second kappa shape index (κ2) is 4.58. The molecule has 1 saturated carbocycles. The van der Waals surface area contributed by atoms with Crippen LogP contribution in [-0.2, 0) is 0 Å². The van der Waals surface area contributed by atoms with Crippen LogP contribution in [0, 0.1) is 17.2 Å². The topological polar surface area (TPSA) is 67.6 Å². The summed E-state index contributed by atoms with van der Waals surface area (Å²) in [5.74, 6) is 1.38. The third-order valence-electron chi connectivity index (χ3n) is 4.01. The van der Waals surface area contributed by atoms with Crippen molar-refractivity contribution >= 4 is 17.0 Å². The molecule has 3 rings (SSSR count). The Morgan fingerprint density at radius 2 is 2.32 bits per heavy atom. The molecular weight excluding hydrogens is 236 g/mol. The van der Waals surface area contributed by atoms with Crippen LogP contribution in [0.5, 0.6) is 0 Å². The predicted molar refractivity (Wildman–Crippen MR) is 75.5 cm³/mol. The first kappa shape index (κ1) is 12.0. The Morgan fingerprint density at radius 1 is 1.53 bits per heavy atom. The number of anilines is 1. The van der Waals surface area contributed by atoms with Gasteiger partial charge in [0, 0.05) is 6.04 Å². The maximum absolute atomic E-state index is 9.15. The van der Waals surface area contributed by atoms with Gasteiger partial charge in [-0.1, -0.05) is 25.8 Å². The van der Waals surface area contributed by atoms with Crippen molar-refractivity contribution in [2.75, 3.05) is 5.73 Å². The zero-order chi connectivity index (χ0) is 13.4. The molecule has 1 aliphatic rings. The zero-order valence-corrected chi connectivity index (χ0v) is 11.1. The smallest absolute Gasteiger partial charge is 0.201 e. The number of nitrogens with zero attached hydrogens (tertiary/aromatic N) is 3. The molecule has 0 spiro atoms. The Morgan fingerprint density at radius 3 is 2.95 bits per heavy atom. The fraction of sp³-hybridized carbons (Fsp3) is 0.467. The standard InChI is InChI=1S/C15H18N4/c1-2-12(8-10-6-7-10)19-13-5-3-4-11(9-16)14(13)18-15(19)17/h3-5,10,12H,2,6-8H2,1H3,(H2,17,18). The summed E-state index contributed by atoms with van der Waals surface area (Å²) in [6.07, 6.45) is 4.89. The van der Waals surface area contributed by atoms with E-state index in [1.807, 2.05) is 12.1 Å². The van der Waals surface area contributed by atoms with Gasteiger partial charge in [0.05, 0.1) is 11.1 Å². The molecule has 1 atom stereocenters. The van der Waals surface area contributed by atoms with E-state index < -0.39 is 0 Å². The molecule has 19 heavy (non-hydrogen) atoms. The van der Waals surface area contributed by atoms with Gasteiger partial charge in [-0.2, -0.15) is 5.26 Å². The molecule has 1 heterocycles. The quantitative estimate of drug-likeness (QED) is 0.910. The van der Waals surface area contributed by atoms with E-state index in [9.17, 15) is 0 Å². The van der Waals surface area contributed by atoms with E-state index in [4.69, 9.17) is 11.0 Å². The molecule has 0 aliphatic heterocycles. The molecule has 1 unspecified atom stereocenters. The second-order valence-electron chi connectivity index (χ2n) is 5.37. The number of aromatic nitrogens is 2. The first-order valence-electron chi connectivity index (χ1n) is 6.91. The molecular formula is C15H18N4. The lowest BCUT2D eigenvalue weighted by molar-refractivity contribution is 0.442. The summed E-state index contributed by atoms with van der Waals surface area (Å²) in [6, 6.07) is 8.29. The highest BCUT2D eigenvalue weighted by Gasteiger charge is 2.27. The maximum Gasteiger partial charge on any atom is 0.201 e. The lowest BCUT2D eigenvalue weighted by Crippen LogP contribution is -2.12. The van der Waals surface area contributed by atoms with Gasteiger partial charge in [-0.15, -0.1) is 0 Å². The van der Waals surface area contributed by atoms with Gasteiger partial charge >= 0.3 is 0 Å². The normalized spacial score (nSPS) is 16.4. The molecule has 4 nitrogen and oxygen atoms in total. The fourth-order valence-electron chi connectivity index (χ4n) is 2.80. The summed E-state index contributed by atoms with van der Waals surface area (Å²) in [4.78, 5) is 4.40. The molecule has 1 aromatic carbocycles. The highest BCUT2D eigenvalue weighted by Crippen LogP contribution is 2.39. The van der Waals surface area contributed by atoms with E-state index in [1.54, 1.807) is 6.07 Å². The first-order chi connectivity index (χ1) is 9.24. The highest BCUT2D eigenvalue weighted by atomic mass is 15.2. The zero-order valence-electron chi connectivity index (χ0n) is 11.1. The molecule has 4 heteroatoms. The number of hydrogen-bond donors (Lipinski definition) is 1. The number of hydrogen-bond acceptors (Lipinski definition) is 3. The van der Waals surface area contributed by atoms with Crippen LogP contribution in [0.25, 0.3) is 11.0 Å². The van der Waals surface area contributed by atoms with E-state index >= 15 is 0 Å². The minimum absolute atomic E-state index is 0.395. The van der Waals surface area contributed by atoms with Crippen molar-refractivity contribution < 1.29 is 0 Å². The van der Waals surface area contributed by atoms with Crippen molar-refractivity contribution in [2.24, 2.45) is 5.92 Å². The number of imidazole rings is 1. The van der Waals surface area contributed by atoms with Crippen LogP contribution in [0.3, 0.4) is 0 Å². The number of para-hydroxylation sites is 1. The van der Waals surface area contributed by atoms with Crippen LogP contribution in [0.2, 0.25) is 0 Å². The van der Waals surface area contributed by atoms with Crippen LogP contribution in [-0.4, -0.2) is 9.55 Å². The third-order valence-corrected chi connectivity index (χ3v) is 4.01. The van der Waals surface area contributed by atoms with Gasteiger partial charge in [0.2, 0.25) is 5.95 Å². The minimum Gasteiger partial charge on any atom is -0.369 e. The molecule has 98 valence electrons. The number of nitriles is 1. The number of benzene rings is 1. The van der Waals surface area contributed by atoms with Gasteiger partial charge in [0.1, 0.15) is 11.6 Å². The summed E-state index contributed by atoms with van der Waals surface area (Å²) >= 11 is 0. The minimum atomic E-state index is 0.395. The van der Waals surface area contributed by atoms with Crippen molar-refractivity contribution in [3.63, 3.8) is 0 Å². The van der Waals surface area contributed by atoms with Gasteiger partial charge in [-0.25, -0.2) is 4.98 Å².